The molecule has 4 heteroatoms. The second-order valence-corrected chi connectivity index (χ2v) is 4.14. The van der Waals surface area contributed by atoms with Crippen LogP contribution in [0.3, 0.4) is 0 Å². The first-order valence-electron chi connectivity index (χ1n) is 5.80. The standard InChI is InChI=1S/C12H15N3O/c1-2-11-10-4-3-6-13-12(10)15(14-11)9-5-7-16-8-9/h3-4,6,9H,2,5,7-8H2,1H3. The van der Waals surface area contributed by atoms with Crippen molar-refractivity contribution in [2.45, 2.75) is 25.8 Å². The molecule has 1 aliphatic rings. The zero-order valence-electron chi connectivity index (χ0n) is 9.39. The fourth-order valence-electron chi connectivity index (χ4n) is 2.27. The van der Waals surface area contributed by atoms with Crippen LogP contribution in [0, 0.1) is 0 Å². The number of aryl methyl sites for hydroxylation is 1. The average molecular weight is 217 g/mol. The number of fused-ring (bicyclic) bond motifs is 1. The van der Waals surface area contributed by atoms with Gasteiger partial charge >= 0.3 is 0 Å². The van der Waals surface area contributed by atoms with Crippen LogP contribution in [0.2, 0.25) is 0 Å². The van der Waals surface area contributed by atoms with Gasteiger partial charge in [-0.15, -0.1) is 0 Å². The highest BCUT2D eigenvalue weighted by Crippen LogP contribution is 2.24. The second kappa shape index (κ2) is 3.87. The molecule has 0 spiro atoms. The molecule has 16 heavy (non-hydrogen) atoms. The normalized spacial score (nSPS) is 20.7. The summed E-state index contributed by atoms with van der Waals surface area (Å²) in [5.74, 6) is 0. The highest BCUT2D eigenvalue weighted by Gasteiger charge is 2.22. The van der Waals surface area contributed by atoms with Crippen LogP contribution in [0.1, 0.15) is 25.1 Å². The average Bonchev–Trinajstić information content (AvgIpc) is 2.95. The number of nitrogens with zero attached hydrogens (tertiary/aromatic N) is 3. The summed E-state index contributed by atoms with van der Waals surface area (Å²) >= 11 is 0. The number of aromatic nitrogens is 3. The Morgan fingerprint density at radius 2 is 2.50 bits per heavy atom. The van der Waals surface area contributed by atoms with Gasteiger partial charge in [-0.25, -0.2) is 9.67 Å². The van der Waals surface area contributed by atoms with Crippen molar-refractivity contribution in [2.24, 2.45) is 0 Å². The van der Waals surface area contributed by atoms with Gasteiger partial charge in [-0.3, -0.25) is 0 Å². The summed E-state index contributed by atoms with van der Waals surface area (Å²) in [5.41, 5.74) is 2.13. The molecule has 0 N–H and O–H groups in total. The van der Waals surface area contributed by atoms with E-state index in [2.05, 4.69) is 23.1 Å². The van der Waals surface area contributed by atoms with Crippen molar-refractivity contribution in [1.82, 2.24) is 14.8 Å². The van der Waals surface area contributed by atoms with Crippen LogP contribution < -0.4 is 0 Å². The minimum absolute atomic E-state index is 0.359. The zero-order chi connectivity index (χ0) is 11.0. The highest BCUT2D eigenvalue weighted by atomic mass is 16.5. The monoisotopic (exact) mass is 217 g/mol. The quantitative estimate of drug-likeness (QED) is 0.772. The van der Waals surface area contributed by atoms with Crippen molar-refractivity contribution in [3.8, 4) is 0 Å². The fourth-order valence-corrected chi connectivity index (χ4v) is 2.27. The summed E-state index contributed by atoms with van der Waals surface area (Å²) in [6.45, 7) is 3.72. The van der Waals surface area contributed by atoms with E-state index < -0.39 is 0 Å². The molecule has 0 bridgehead atoms. The van der Waals surface area contributed by atoms with Gasteiger partial charge in [0.15, 0.2) is 5.65 Å². The largest absolute Gasteiger partial charge is 0.379 e. The third-order valence-electron chi connectivity index (χ3n) is 3.13. The van der Waals surface area contributed by atoms with E-state index in [0.29, 0.717) is 6.04 Å². The van der Waals surface area contributed by atoms with E-state index >= 15 is 0 Å². The summed E-state index contributed by atoms with van der Waals surface area (Å²) in [5, 5.41) is 5.84. The van der Waals surface area contributed by atoms with Gasteiger partial charge < -0.3 is 4.74 Å². The van der Waals surface area contributed by atoms with Crippen molar-refractivity contribution in [2.75, 3.05) is 13.2 Å². The summed E-state index contributed by atoms with van der Waals surface area (Å²) in [6, 6.07) is 4.43. The summed E-state index contributed by atoms with van der Waals surface area (Å²) in [4.78, 5) is 4.44. The Morgan fingerprint density at radius 3 is 3.25 bits per heavy atom. The molecule has 0 aromatic carbocycles. The van der Waals surface area contributed by atoms with Gasteiger partial charge in [0, 0.05) is 18.2 Å². The molecule has 1 aliphatic heterocycles. The van der Waals surface area contributed by atoms with Crippen molar-refractivity contribution in [3.05, 3.63) is 24.0 Å². The second-order valence-electron chi connectivity index (χ2n) is 4.14. The molecular weight excluding hydrogens is 202 g/mol. The molecule has 2 aromatic heterocycles. The highest BCUT2D eigenvalue weighted by molar-refractivity contribution is 5.78. The Labute approximate surface area is 94.2 Å². The molecule has 0 saturated carbocycles. The predicted molar refractivity (Wildman–Crippen MR) is 61.4 cm³/mol. The lowest BCUT2D eigenvalue weighted by molar-refractivity contribution is 0.185. The van der Waals surface area contributed by atoms with Gasteiger partial charge in [-0.05, 0) is 25.0 Å². The van der Waals surface area contributed by atoms with Crippen molar-refractivity contribution in [1.29, 1.82) is 0 Å². The van der Waals surface area contributed by atoms with Crippen LogP contribution in [-0.4, -0.2) is 28.0 Å². The number of hydrogen-bond acceptors (Lipinski definition) is 3. The van der Waals surface area contributed by atoms with E-state index in [-0.39, 0.29) is 0 Å². The molecule has 84 valence electrons. The Kier molecular flexibility index (Phi) is 2.36. The molecule has 4 nitrogen and oxygen atoms in total. The first kappa shape index (κ1) is 9.78. The first-order valence-corrected chi connectivity index (χ1v) is 5.80. The Balaban J connectivity index is 2.16. The molecule has 1 atom stereocenters. The summed E-state index contributed by atoms with van der Waals surface area (Å²) < 4.78 is 7.46. The Hall–Kier alpha value is -1.42. The molecule has 2 aromatic rings. The molecule has 1 fully saturated rings. The van der Waals surface area contributed by atoms with E-state index in [0.717, 1.165) is 37.4 Å². The SMILES string of the molecule is CCc1nn(C2CCOC2)c2ncccc12. The first-order chi connectivity index (χ1) is 7.90. The molecule has 0 amide bonds. The maximum atomic E-state index is 5.41. The minimum Gasteiger partial charge on any atom is -0.379 e. The van der Waals surface area contributed by atoms with Crippen molar-refractivity contribution >= 4 is 11.0 Å². The van der Waals surface area contributed by atoms with Crippen LogP contribution in [0.25, 0.3) is 11.0 Å². The van der Waals surface area contributed by atoms with Crippen LogP contribution in [0.5, 0.6) is 0 Å². The van der Waals surface area contributed by atoms with Crippen LogP contribution in [0.15, 0.2) is 18.3 Å². The third kappa shape index (κ3) is 1.41. The van der Waals surface area contributed by atoms with Gasteiger partial charge in [-0.2, -0.15) is 5.10 Å². The fraction of sp³-hybridized carbons (Fsp3) is 0.500. The topological polar surface area (TPSA) is 39.9 Å². The number of pyridine rings is 1. The molecule has 0 radical (unpaired) electrons. The zero-order valence-corrected chi connectivity index (χ0v) is 9.39. The molecule has 1 unspecified atom stereocenters. The Bertz CT molecular complexity index is 500. The lowest BCUT2D eigenvalue weighted by atomic mass is 10.2. The molecule has 1 saturated heterocycles. The number of rotatable bonds is 2. The minimum atomic E-state index is 0.359. The van der Waals surface area contributed by atoms with E-state index in [1.807, 2.05) is 16.9 Å². The maximum absolute atomic E-state index is 5.41. The van der Waals surface area contributed by atoms with Crippen molar-refractivity contribution < 1.29 is 4.74 Å². The number of hydrogen-bond donors (Lipinski definition) is 0. The van der Waals surface area contributed by atoms with Gasteiger partial charge in [0.1, 0.15) is 0 Å². The number of ether oxygens (including phenoxy) is 1. The van der Waals surface area contributed by atoms with Gasteiger partial charge in [0.25, 0.3) is 0 Å². The lowest BCUT2D eigenvalue weighted by Gasteiger charge is -2.08. The third-order valence-corrected chi connectivity index (χ3v) is 3.13. The maximum Gasteiger partial charge on any atom is 0.158 e. The predicted octanol–water partition coefficient (Wildman–Crippen LogP) is 1.96. The van der Waals surface area contributed by atoms with E-state index in [4.69, 9.17) is 4.74 Å². The van der Waals surface area contributed by atoms with E-state index in [1.165, 1.54) is 5.39 Å². The summed E-state index contributed by atoms with van der Waals surface area (Å²) in [7, 11) is 0. The van der Waals surface area contributed by atoms with Crippen LogP contribution in [0.4, 0.5) is 0 Å². The van der Waals surface area contributed by atoms with Crippen LogP contribution >= 0.6 is 0 Å². The smallest absolute Gasteiger partial charge is 0.158 e. The molecule has 3 rings (SSSR count). The van der Waals surface area contributed by atoms with Crippen molar-refractivity contribution in [3.63, 3.8) is 0 Å². The molecule has 0 aliphatic carbocycles. The summed E-state index contributed by atoms with van der Waals surface area (Å²) in [6.07, 6.45) is 3.81. The van der Waals surface area contributed by atoms with E-state index in [1.54, 1.807) is 0 Å². The van der Waals surface area contributed by atoms with Gasteiger partial charge in [-0.1, -0.05) is 6.92 Å². The molecule has 3 heterocycles. The Morgan fingerprint density at radius 1 is 1.56 bits per heavy atom. The van der Waals surface area contributed by atoms with E-state index in [9.17, 15) is 0 Å². The lowest BCUT2D eigenvalue weighted by Crippen LogP contribution is -2.11. The van der Waals surface area contributed by atoms with Crippen LogP contribution in [-0.2, 0) is 11.2 Å². The van der Waals surface area contributed by atoms with Gasteiger partial charge in [0.2, 0.25) is 0 Å². The molecular formula is C12H15N3O. The van der Waals surface area contributed by atoms with Gasteiger partial charge in [0.05, 0.1) is 18.3 Å².